The van der Waals surface area contributed by atoms with E-state index in [-0.39, 0.29) is 11.1 Å². The fourth-order valence-corrected chi connectivity index (χ4v) is 5.22. The van der Waals surface area contributed by atoms with Crippen LogP contribution in [0, 0.1) is 41.0 Å². The Labute approximate surface area is 180 Å². The summed E-state index contributed by atoms with van der Waals surface area (Å²) in [7, 11) is 0. The van der Waals surface area contributed by atoms with Crippen LogP contribution in [0.4, 0.5) is 17.6 Å². The van der Waals surface area contributed by atoms with E-state index in [9.17, 15) is 17.6 Å². The van der Waals surface area contributed by atoms with E-state index in [4.69, 9.17) is 4.74 Å². The van der Waals surface area contributed by atoms with Gasteiger partial charge in [0.15, 0.2) is 17.5 Å². The van der Waals surface area contributed by atoms with E-state index < -0.39 is 23.3 Å². The maximum atomic E-state index is 14.7. The number of halogens is 4. The molecule has 0 aromatic heterocycles. The van der Waals surface area contributed by atoms with Crippen molar-refractivity contribution in [2.75, 3.05) is 6.61 Å². The molecule has 0 bridgehead atoms. The van der Waals surface area contributed by atoms with Crippen LogP contribution in [0.3, 0.4) is 0 Å². The van der Waals surface area contributed by atoms with E-state index in [2.05, 4.69) is 6.08 Å². The summed E-state index contributed by atoms with van der Waals surface area (Å²) in [4.78, 5) is 0. The van der Waals surface area contributed by atoms with E-state index in [1.54, 1.807) is 6.07 Å². The molecule has 0 amide bonds. The van der Waals surface area contributed by atoms with Gasteiger partial charge in [-0.05, 0) is 97.6 Å². The third-order valence-corrected chi connectivity index (χ3v) is 7.25. The Balaban J connectivity index is 1.26. The lowest BCUT2D eigenvalue weighted by Crippen LogP contribution is -2.33. The predicted octanol–water partition coefficient (Wildman–Crippen LogP) is 7.30. The zero-order chi connectivity index (χ0) is 21.5. The molecule has 2 aromatic carbocycles. The molecule has 1 heterocycles. The minimum atomic E-state index is -1.55. The van der Waals surface area contributed by atoms with Crippen molar-refractivity contribution < 1.29 is 22.3 Å². The van der Waals surface area contributed by atoms with Gasteiger partial charge in [0.25, 0.3) is 0 Å². The van der Waals surface area contributed by atoms with Crippen molar-refractivity contribution in [3.8, 4) is 11.1 Å². The Morgan fingerprint density at radius 3 is 2.00 bits per heavy atom. The molecule has 0 radical (unpaired) electrons. The van der Waals surface area contributed by atoms with Crippen LogP contribution in [-0.2, 0) is 4.74 Å². The van der Waals surface area contributed by atoms with Crippen LogP contribution >= 0.6 is 0 Å². The molecule has 1 nitrogen and oxygen atoms in total. The molecule has 3 aliphatic rings. The second kappa shape index (κ2) is 8.42. The van der Waals surface area contributed by atoms with Gasteiger partial charge in [-0.1, -0.05) is 18.2 Å². The van der Waals surface area contributed by atoms with Crippen LogP contribution in [0.1, 0.15) is 50.5 Å². The first-order valence-corrected chi connectivity index (χ1v) is 11.2. The Morgan fingerprint density at radius 1 is 0.710 bits per heavy atom. The average Bonchev–Trinajstić information content (AvgIpc) is 3.63. The molecule has 1 saturated carbocycles. The molecule has 0 spiro atoms. The first kappa shape index (κ1) is 20.7. The summed E-state index contributed by atoms with van der Waals surface area (Å²) >= 11 is 0. The van der Waals surface area contributed by atoms with E-state index in [1.807, 2.05) is 0 Å². The van der Waals surface area contributed by atoms with Crippen molar-refractivity contribution in [3.05, 3.63) is 65.2 Å². The standard InChI is InChI=1S/C26H26F4O/c27-22-11-18(7-9-21(22)20-12-23(28)26(30)24(29)13-20)15-3-5-17(6-4-15)25-10-8-19(14-31-25)16-1-2-16/h3,7,9,11-13,16-17,19,25H,1-2,4-6,8,10,14H2. The third-order valence-electron chi connectivity index (χ3n) is 7.25. The minimum Gasteiger partial charge on any atom is -0.378 e. The van der Waals surface area contributed by atoms with Gasteiger partial charge in [0, 0.05) is 5.56 Å². The molecule has 3 atom stereocenters. The third kappa shape index (κ3) is 4.30. The highest BCUT2D eigenvalue weighted by molar-refractivity contribution is 5.71. The van der Waals surface area contributed by atoms with E-state index >= 15 is 0 Å². The summed E-state index contributed by atoms with van der Waals surface area (Å²) in [6.07, 6.45) is 10.5. The van der Waals surface area contributed by atoms with Gasteiger partial charge < -0.3 is 4.74 Å². The molecular weight excluding hydrogens is 404 g/mol. The molecule has 1 aliphatic heterocycles. The quantitative estimate of drug-likeness (QED) is 0.365. The minimum absolute atomic E-state index is 0.0166. The van der Waals surface area contributed by atoms with Gasteiger partial charge in [0.05, 0.1) is 12.7 Å². The zero-order valence-electron chi connectivity index (χ0n) is 17.4. The van der Waals surface area contributed by atoms with E-state index in [1.165, 1.54) is 31.4 Å². The summed E-state index contributed by atoms with van der Waals surface area (Å²) in [6, 6.07) is 6.31. The van der Waals surface area contributed by atoms with Gasteiger partial charge in [0.2, 0.25) is 0 Å². The molecule has 31 heavy (non-hydrogen) atoms. The van der Waals surface area contributed by atoms with Crippen LogP contribution in [0.15, 0.2) is 36.4 Å². The van der Waals surface area contributed by atoms with Gasteiger partial charge in [-0.15, -0.1) is 0 Å². The molecular formula is C26H26F4O. The summed E-state index contributed by atoms with van der Waals surface area (Å²) in [5, 5.41) is 0. The molecule has 164 valence electrons. The number of benzene rings is 2. The van der Waals surface area contributed by atoms with Gasteiger partial charge in [-0.3, -0.25) is 0 Å². The van der Waals surface area contributed by atoms with Crippen molar-refractivity contribution in [3.63, 3.8) is 0 Å². The second-order valence-electron chi connectivity index (χ2n) is 9.26. The van der Waals surface area contributed by atoms with Crippen molar-refractivity contribution in [1.29, 1.82) is 0 Å². The van der Waals surface area contributed by atoms with Crippen molar-refractivity contribution in [2.45, 2.75) is 51.0 Å². The number of rotatable bonds is 4. The molecule has 1 saturated heterocycles. The molecule has 2 aromatic rings. The number of hydrogen-bond donors (Lipinski definition) is 0. The molecule has 0 N–H and O–H groups in total. The average molecular weight is 430 g/mol. The van der Waals surface area contributed by atoms with Crippen molar-refractivity contribution >= 4 is 5.57 Å². The lowest BCUT2D eigenvalue weighted by Gasteiger charge is -2.35. The van der Waals surface area contributed by atoms with Gasteiger partial charge in [-0.25, -0.2) is 17.6 Å². The largest absolute Gasteiger partial charge is 0.378 e. The van der Waals surface area contributed by atoms with Crippen LogP contribution in [-0.4, -0.2) is 12.7 Å². The fraction of sp³-hybridized carbons (Fsp3) is 0.462. The molecule has 3 unspecified atom stereocenters. The maximum absolute atomic E-state index is 14.7. The Hall–Kier alpha value is -2.14. The Morgan fingerprint density at radius 2 is 1.42 bits per heavy atom. The number of allylic oxidation sites excluding steroid dienone is 2. The molecule has 5 heteroatoms. The van der Waals surface area contributed by atoms with Gasteiger partial charge in [-0.2, -0.15) is 0 Å². The number of ether oxygens (including phenoxy) is 1. The monoisotopic (exact) mass is 430 g/mol. The summed E-state index contributed by atoms with van der Waals surface area (Å²) < 4.78 is 61.2. The van der Waals surface area contributed by atoms with Crippen LogP contribution < -0.4 is 0 Å². The fourth-order valence-electron chi connectivity index (χ4n) is 5.22. The van der Waals surface area contributed by atoms with Crippen LogP contribution in [0.5, 0.6) is 0 Å². The molecule has 2 aliphatic carbocycles. The van der Waals surface area contributed by atoms with Crippen LogP contribution in [0.2, 0.25) is 0 Å². The summed E-state index contributed by atoms with van der Waals surface area (Å²) in [5.74, 6) is -2.60. The summed E-state index contributed by atoms with van der Waals surface area (Å²) in [6.45, 7) is 0.902. The highest BCUT2D eigenvalue weighted by atomic mass is 19.2. The van der Waals surface area contributed by atoms with Crippen molar-refractivity contribution in [1.82, 2.24) is 0 Å². The van der Waals surface area contributed by atoms with E-state index in [0.717, 1.165) is 67.4 Å². The topological polar surface area (TPSA) is 9.23 Å². The maximum Gasteiger partial charge on any atom is 0.194 e. The van der Waals surface area contributed by atoms with Gasteiger partial charge >= 0.3 is 0 Å². The van der Waals surface area contributed by atoms with Gasteiger partial charge in [0.1, 0.15) is 5.82 Å². The number of hydrogen-bond acceptors (Lipinski definition) is 1. The highest BCUT2D eigenvalue weighted by Crippen LogP contribution is 2.43. The normalized spacial score (nSPS) is 26.6. The first-order chi connectivity index (χ1) is 15.0. The van der Waals surface area contributed by atoms with E-state index in [0.29, 0.717) is 12.0 Å². The lowest BCUT2D eigenvalue weighted by atomic mass is 9.80. The second-order valence-corrected chi connectivity index (χ2v) is 9.26. The lowest BCUT2D eigenvalue weighted by molar-refractivity contribution is -0.0533. The SMILES string of the molecule is Fc1cc(C2=CCC(C3CCC(C4CC4)CO3)CC2)ccc1-c1cc(F)c(F)c(F)c1. The first-order valence-electron chi connectivity index (χ1n) is 11.2. The smallest absolute Gasteiger partial charge is 0.194 e. The molecule has 5 rings (SSSR count). The Kier molecular flexibility index (Phi) is 5.63. The summed E-state index contributed by atoms with van der Waals surface area (Å²) in [5.41, 5.74) is 1.90. The Bertz CT molecular complexity index is 979. The zero-order valence-corrected chi connectivity index (χ0v) is 17.4. The molecule has 2 fully saturated rings. The predicted molar refractivity (Wildman–Crippen MR) is 112 cm³/mol. The van der Waals surface area contributed by atoms with Crippen LogP contribution in [0.25, 0.3) is 16.7 Å². The van der Waals surface area contributed by atoms with Crippen molar-refractivity contribution in [2.24, 2.45) is 17.8 Å². The highest BCUT2D eigenvalue weighted by Gasteiger charge is 2.36.